The minimum atomic E-state index is -0.217. The first-order valence-corrected chi connectivity index (χ1v) is 7.41. The summed E-state index contributed by atoms with van der Waals surface area (Å²) in [5.41, 5.74) is 1.35. The van der Waals surface area contributed by atoms with Crippen molar-refractivity contribution in [2.24, 2.45) is 0 Å². The Bertz CT molecular complexity index is 840. The molecule has 0 radical (unpaired) electrons. The number of anilines is 1. The van der Waals surface area contributed by atoms with Gasteiger partial charge >= 0.3 is 0 Å². The molecule has 0 spiro atoms. The molecule has 0 aliphatic heterocycles. The molecule has 3 aromatic rings. The molecule has 0 aromatic carbocycles. The highest BCUT2D eigenvalue weighted by atomic mass is 16.5. The first-order valence-electron chi connectivity index (χ1n) is 7.41. The van der Waals surface area contributed by atoms with Crippen LogP contribution in [0.4, 0.5) is 5.82 Å². The van der Waals surface area contributed by atoms with Gasteiger partial charge in [-0.15, -0.1) is 0 Å². The summed E-state index contributed by atoms with van der Waals surface area (Å²) in [5, 5.41) is 13.8. The zero-order valence-corrected chi connectivity index (χ0v) is 13.4. The van der Waals surface area contributed by atoms with Crippen molar-refractivity contribution in [2.45, 2.75) is 13.8 Å². The average Bonchev–Trinajstić information content (AvgIpc) is 3.20. The third-order valence-electron chi connectivity index (χ3n) is 3.32. The fourth-order valence-electron chi connectivity index (χ4n) is 2.09. The molecule has 24 heavy (non-hydrogen) atoms. The summed E-state index contributed by atoms with van der Waals surface area (Å²) in [6, 6.07) is 3.69. The number of aromatic nitrogens is 5. The van der Waals surface area contributed by atoms with E-state index in [0.29, 0.717) is 36.0 Å². The Morgan fingerprint density at radius 2 is 2.17 bits per heavy atom. The second kappa shape index (κ2) is 6.90. The highest BCUT2D eigenvalue weighted by Gasteiger charge is 2.11. The smallest absolute Gasteiger partial charge is 0.256 e. The van der Waals surface area contributed by atoms with Gasteiger partial charge in [0, 0.05) is 25.4 Å². The van der Waals surface area contributed by atoms with Crippen LogP contribution >= 0.6 is 0 Å². The highest BCUT2D eigenvalue weighted by molar-refractivity contribution is 5.94. The number of aryl methyl sites for hydroxylation is 2. The predicted molar refractivity (Wildman–Crippen MR) is 86.0 cm³/mol. The standard InChI is InChI=1S/C15H17N7O2/c1-10-3-6-22(21-10)14-7-13(18-9-19-14)16-4-5-17-15(23)12-8-20-24-11(12)2/h3,6-9H,4-5H2,1-2H3,(H,17,23)(H,16,18,19). The molecule has 0 atom stereocenters. The lowest BCUT2D eigenvalue weighted by molar-refractivity contribution is 0.0953. The maximum absolute atomic E-state index is 11.9. The molecule has 0 fully saturated rings. The van der Waals surface area contributed by atoms with E-state index in [2.05, 4.69) is 30.9 Å². The predicted octanol–water partition coefficient (Wildman–Crippen LogP) is 1.11. The van der Waals surface area contributed by atoms with E-state index in [4.69, 9.17) is 4.52 Å². The zero-order chi connectivity index (χ0) is 16.9. The number of hydrogen-bond donors (Lipinski definition) is 2. The second-order valence-corrected chi connectivity index (χ2v) is 5.14. The van der Waals surface area contributed by atoms with E-state index in [1.807, 2.05) is 19.2 Å². The van der Waals surface area contributed by atoms with Gasteiger partial charge in [0.25, 0.3) is 5.91 Å². The van der Waals surface area contributed by atoms with E-state index in [-0.39, 0.29) is 5.91 Å². The van der Waals surface area contributed by atoms with E-state index >= 15 is 0 Å². The van der Waals surface area contributed by atoms with Crippen molar-refractivity contribution in [3.8, 4) is 5.82 Å². The van der Waals surface area contributed by atoms with Gasteiger partial charge in [-0.25, -0.2) is 14.6 Å². The van der Waals surface area contributed by atoms with E-state index in [1.54, 1.807) is 17.7 Å². The molecular formula is C15H17N7O2. The van der Waals surface area contributed by atoms with Gasteiger partial charge in [-0.3, -0.25) is 4.79 Å². The molecule has 9 heteroatoms. The molecule has 0 saturated heterocycles. The van der Waals surface area contributed by atoms with Crippen LogP contribution < -0.4 is 10.6 Å². The van der Waals surface area contributed by atoms with Crippen LogP contribution in [0.5, 0.6) is 0 Å². The molecule has 0 aliphatic rings. The third kappa shape index (κ3) is 3.57. The van der Waals surface area contributed by atoms with Crippen LogP contribution in [-0.4, -0.2) is 43.9 Å². The Morgan fingerprint density at radius 1 is 1.29 bits per heavy atom. The minimum absolute atomic E-state index is 0.217. The van der Waals surface area contributed by atoms with Gasteiger partial charge in [-0.1, -0.05) is 5.16 Å². The summed E-state index contributed by atoms with van der Waals surface area (Å²) >= 11 is 0. The van der Waals surface area contributed by atoms with Crippen molar-refractivity contribution in [1.29, 1.82) is 0 Å². The van der Waals surface area contributed by atoms with Gasteiger partial charge in [0.15, 0.2) is 5.82 Å². The number of carbonyl (C=O) groups excluding carboxylic acids is 1. The van der Waals surface area contributed by atoms with E-state index in [0.717, 1.165) is 5.69 Å². The van der Waals surface area contributed by atoms with Crippen LogP contribution in [0.25, 0.3) is 5.82 Å². The van der Waals surface area contributed by atoms with Crippen LogP contribution in [0.2, 0.25) is 0 Å². The Hall–Kier alpha value is -3.23. The molecule has 9 nitrogen and oxygen atoms in total. The molecule has 2 N–H and O–H groups in total. The largest absolute Gasteiger partial charge is 0.368 e. The van der Waals surface area contributed by atoms with Gasteiger partial charge in [-0.05, 0) is 19.9 Å². The number of nitrogens with one attached hydrogen (secondary N) is 2. The normalized spacial score (nSPS) is 10.6. The summed E-state index contributed by atoms with van der Waals surface area (Å²) in [4.78, 5) is 20.2. The molecule has 3 aromatic heterocycles. The Balaban J connectivity index is 1.52. The van der Waals surface area contributed by atoms with Crippen LogP contribution in [0.15, 0.2) is 35.4 Å². The quantitative estimate of drug-likeness (QED) is 0.652. The number of amides is 1. The summed E-state index contributed by atoms with van der Waals surface area (Å²) in [7, 11) is 0. The maximum Gasteiger partial charge on any atom is 0.256 e. The van der Waals surface area contributed by atoms with Gasteiger partial charge in [0.2, 0.25) is 0 Å². The molecule has 3 rings (SSSR count). The fraction of sp³-hybridized carbons (Fsp3) is 0.267. The summed E-state index contributed by atoms with van der Waals surface area (Å²) in [5.74, 6) is 1.61. The monoisotopic (exact) mass is 327 g/mol. The molecule has 1 amide bonds. The van der Waals surface area contributed by atoms with E-state index in [1.165, 1.54) is 12.5 Å². The second-order valence-electron chi connectivity index (χ2n) is 5.14. The van der Waals surface area contributed by atoms with Crippen molar-refractivity contribution in [1.82, 2.24) is 30.2 Å². The van der Waals surface area contributed by atoms with Crippen LogP contribution in [0, 0.1) is 13.8 Å². The molecule has 0 unspecified atom stereocenters. The van der Waals surface area contributed by atoms with Crippen LogP contribution in [-0.2, 0) is 0 Å². The highest BCUT2D eigenvalue weighted by Crippen LogP contribution is 2.08. The van der Waals surface area contributed by atoms with Crippen molar-refractivity contribution >= 4 is 11.7 Å². The van der Waals surface area contributed by atoms with Crippen LogP contribution in [0.1, 0.15) is 21.8 Å². The van der Waals surface area contributed by atoms with Gasteiger partial charge in [0.05, 0.1) is 11.9 Å². The van der Waals surface area contributed by atoms with Crippen molar-refractivity contribution in [2.75, 3.05) is 18.4 Å². The number of rotatable bonds is 6. The molecule has 0 saturated carbocycles. The Morgan fingerprint density at radius 3 is 2.88 bits per heavy atom. The Labute approximate surface area is 138 Å². The number of nitrogens with zero attached hydrogens (tertiary/aromatic N) is 5. The van der Waals surface area contributed by atoms with Crippen LogP contribution in [0.3, 0.4) is 0 Å². The average molecular weight is 327 g/mol. The van der Waals surface area contributed by atoms with Crippen molar-refractivity contribution in [3.05, 3.63) is 47.9 Å². The number of hydrogen-bond acceptors (Lipinski definition) is 7. The molecule has 3 heterocycles. The first kappa shape index (κ1) is 15.7. The van der Waals surface area contributed by atoms with Gasteiger partial charge in [0.1, 0.15) is 23.5 Å². The summed E-state index contributed by atoms with van der Waals surface area (Å²) in [6.07, 6.45) is 4.71. The lowest BCUT2D eigenvalue weighted by atomic mass is 10.2. The zero-order valence-electron chi connectivity index (χ0n) is 13.4. The topological polar surface area (TPSA) is 111 Å². The van der Waals surface area contributed by atoms with Crippen molar-refractivity contribution < 1.29 is 9.32 Å². The van der Waals surface area contributed by atoms with E-state index in [9.17, 15) is 4.79 Å². The van der Waals surface area contributed by atoms with E-state index < -0.39 is 0 Å². The molecule has 0 bridgehead atoms. The molecule has 0 aliphatic carbocycles. The molecular weight excluding hydrogens is 310 g/mol. The lowest BCUT2D eigenvalue weighted by Crippen LogP contribution is -2.29. The number of carbonyl (C=O) groups is 1. The first-order chi connectivity index (χ1) is 11.6. The SMILES string of the molecule is Cc1ccn(-c2cc(NCCNC(=O)c3cnoc3C)ncn2)n1. The van der Waals surface area contributed by atoms with Gasteiger partial charge in [-0.2, -0.15) is 5.10 Å². The summed E-state index contributed by atoms with van der Waals surface area (Å²) in [6.45, 7) is 4.56. The lowest BCUT2D eigenvalue weighted by Gasteiger charge is -2.08. The summed E-state index contributed by atoms with van der Waals surface area (Å²) < 4.78 is 6.55. The maximum atomic E-state index is 11.9. The minimum Gasteiger partial charge on any atom is -0.368 e. The third-order valence-corrected chi connectivity index (χ3v) is 3.32. The molecule has 124 valence electrons. The fourth-order valence-corrected chi connectivity index (χ4v) is 2.09. The van der Waals surface area contributed by atoms with Gasteiger partial charge < -0.3 is 15.2 Å². The van der Waals surface area contributed by atoms with Crippen molar-refractivity contribution in [3.63, 3.8) is 0 Å². The Kier molecular flexibility index (Phi) is 4.50.